The number of halogens is 1. The molecule has 9 heteroatoms. The average Bonchev–Trinajstić information content (AvgIpc) is 3.32. The minimum Gasteiger partial charge on any atom is -0.345 e. The van der Waals surface area contributed by atoms with Crippen LogP contribution in [-0.2, 0) is 13.6 Å². The van der Waals surface area contributed by atoms with Crippen LogP contribution in [-0.4, -0.2) is 30.5 Å². The van der Waals surface area contributed by atoms with E-state index in [9.17, 15) is 9.18 Å². The van der Waals surface area contributed by atoms with Crippen molar-refractivity contribution in [1.82, 2.24) is 29.9 Å². The number of carbonyl (C=O) groups excluding carboxylic acids is 1. The summed E-state index contributed by atoms with van der Waals surface area (Å²) in [6.07, 6.45) is 1.64. The largest absolute Gasteiger partial charge is 0.345 e. The Bertz CT molecular complexity index is 1250. The topological polar surface area (TPSA) is 80.5 Å². The number of H-pyrrole nitrogens is 1. The zero-order valence-electron chi connectivity index (χ0n) is 16.4. The third-order valence-electron chi connectivity index (χ3n) is 4.75. The van der Waals surface area contributed by atoms with Gasteiger partial charge in [0.2, 0.25) is 0 Å². The van der Waals surface area contributed by atoms with E-state index in [1.165, 1.54) is 12.1 Å². The van der Waals surface area contributed by atoms with E-state index in [4.69, 9.17) is 12.2 Å². The van der Waals surface area contributed by atoms with Crippen LogP contribution in [0.4, 0.5) is 4.39 Å². The van der Waals surface area contributed by atoms with Gasteiger partial charge < -0.3 is 9.88 Å². The summed E-state index contributed by atoms with van der Waals surface area (Å²) < 4.78 is 17.0. The normalized spacial score (nSPS) is 10.9. The second-order valence-electron chi connectivity index (χ2n) is 6.87. The number of aryl methyl sites for hydroxylation is 1. The fourth-order valence-corrected chi connectivity index (χ4v) is 3.13. The van der Waals surface area contributed by atoms with Crippen molar-refractivity contribution in [3.63, 3.8) is 0 Å². The van der Waals surface area contributed by atoms with Crippen molar-refractivity contribution in [3.05, 3.63) is 82.3 Å². The Kier molecular flexibility index (Phi) is 5.28. The molecule has 0 aliphatic heterocycles. The molecule has 0 saturated carbocycles. The highest BCUT2D eigenvalue weighted by atomic mass is 32.1. The number of rotatable bonds is 5. The Morgan fingerprint density at radius 3 is 2.50 bits per heavy atom. The number of hydrogen-bond acceptors (Lipinski definition) is 4. The van der Waals surface area contributed by atoms with Crippen molar-refractivity contribution in [2.45, 2.75) is 13.5 Å². The molecule has 4 rings (SSSR count). The number of amides is 1. The van der Waals surface area contributed by atoms with Crippen LogP contribution in [0.2, 0.25) is 0 Å². The molecule has 4 aromatic rings. The Morgan fingerprint density at radius 1 is 1.17 bits per heavy atom. The van der Waals surface area contributed by atoms with Crippen molar-refractivity contribution in [2.24, 2.45) is 7.05 Å². The lowest BCUT2D eigenvalue weighted by molar-refractivity contribution is 0.0950. The number of carbonyl (C=O) groups is 1. The fraction of sp³-hybridized carbons (Fsp3) is 0.143. The molecule has 2 heterocycles. The van der Waals surface area contributed by atoms with Gasteiger partial charge in [0, 0.05) is 18.8 Å². The molecule has 0 fully saturated rings. The summed E-state index contributed by atoms with van der Waals surface area (Å²) in [6, 6.07) is 13.7. The highest BCUT2D eigenvalue weighted by Crippen LogP contribution is 2.24. The SMILES string of the molecule is Cc1ccc(-c2nn(-c3ccc(F)cc3)cc2C(=O)NCc2n[nH]c(=S)n2C)cc1. The second kappa shape index (κ2) is 8.03. The maximum Gasteiger partial charge on any atom is 0.255 e. The summed E-state index contributed by atoms with van der Waals surface area (Å²) in [4.78, 5) is 13.0. The first-order valence-corrected chi connectivity index (χ1v) is 9.64. The van der Waals surface area contributed by atoms with Crippen molar-refractivity contribution < 1.29 is 9.18 Å². The molecule has 2 aromatic carbocycles. The number of hydrogen-bond donors (Lipinski definition) is 2. The van der Waals surface area contributed by atoms with Crippen LogP contribution in [0.1, 0.15) is 21.7 Å². The van der Waals surface area contributed by atoms with Gasteiger partial charge in [-0.2, -0.15) is 10.2 Å². The van der Waals surface area contributed by atoms with Gasteiger partial charge in [-0.25, -0.2) is 9.07 Å². The molecule has 0 spiro atoms. The van der Waals surface area contributed by atoms with Crippen molar-refractivity contribution in [1.29, 1.82) is 0 Å². The first-order chi connectivity index (χ1) is 14.4. The first kappa shape index (κ1) is 19.7. The number of nitrogens with one attached hydrogen (secondary N) is 2. The van der Waals surface area contributed by atoms with E-state index in [1.807, 2.05) is 31.2 Å². The molecule has 0 bridgehead atoms. The molecule has 1 amide bonds. The third-order valence-corrected chi connectivity index (χ3v) is 5.12. The molecule has 0 aliphatic carbocycles. The monoisotopic (exact) mass is 422 g/mol. The molecule has 2 aromatic heterocycles. The molecular weight excluding hydrogens is 403 g/mol. The summed E-state index contributed by atoms with van der Waals surface area (Å²) >= 11 is 5.10. The minimum atomic E-state index is -0.337. The van der Waals surface area contributed by atoms with Gasteiger partial charge in [-0.15, -0.1) is 0 Å². The maximum atomic E-state index is 13.3. The quantitative estimate of drug-likeness (QED) is 0.481. The standard InChI is InChI=1S/C21H19FN6OS/c1-13-3-5-14(6-4-13)19-17(12-28(26-19)16-9-7-15(22)8-10-16)20(29)23-11-18-24-25-21(30)27(18)2/h3-10,12H,11H2,1-2H3,(H,23,29)(H,25,30). The molecular formula is C21H19FN6OS. The van der Waals surface area contributed by atoms with E-state index in [0.29, 0.717) is 27.5 Å². The highest BCUT2D eigenvalue weighted by molar-refractivity contribution is 7.71. The van der Waals surface area contributed by atoms with Crippen LogP contribution in [0.25, 0.3) is 16.9 Å². The van der Waals surface area contributed by atoms with Crippen LogP contribution in [0.15, 0.2) is 54.7 Å². The van der Waals surface area contributed by atoms with E-state index in [1.54, 1.807) is 34.6 Å². The smallest absolute Gasteiger partial charge is 0.255 e. The molecule has 0 aliphatic rings. The minimum absolute atomic E-state index is 0.206. The van der Waals surface area contributed by atoms with Crippen molar-refractivity contribution in [2.75, 3.05) is 0 Å². The van der Waals surface area contributed by atoms with Crippen LogP contribution >= 0.6 is 12.2 Å². The van der Waals surface area contributed by atoms with Gasteiger partial charge >= 0.3 is 0 Å². The Labute approximate surface area is 177 Å². The van der Waals surface area contributed by atoms with Gasteiger partial charge in [-0.3, -0.25) is 9.89 Å². The summed E-state index contributed by atoms with van der Waals surface area (Å²) in [6.45, 7) is 2.20. The van der Waals surface area contributed by atoms with E-state index in [2.05, 4.69) is 20.6 Å². The van der Waals surface area contributed by atoms with E-state index >= 15 is 0 Å². The second-order valence-corrected chi connectivity index (χ2v) is 7.25. The zero-order chi connectivity index (χ0) is 21.3. The molecule has 0 saturated heterocycles. The van der Waals surface area contributed by atoms with E-state index < -0.39 is 0 Å². The predicted molar refractivity (Wildman–Crippen MR) is 113 cm³/mol. The lowest BCUT2D eigenvalue weighted by Crippen LogP contribution is -2.24. The van der Waals surface area contributed by atoms with E-state index in [-0.39, 0.29) is 18.3 Å². The Balaban J connectivity index is 1.69. The van der Waals surface area contributed by atoms with Crippen molar-refractivity contribution in [3.8, 4) is 16.9 Å². The van der Waals surface area contributed by atoms with Gasteiger partial charge in [0.05, 0.1) is 17.8 Å². The van der Waals surface area contributed by atoms with Gasteiger partial charge in [-0.05, 0) is 43.4 Å². The molecule has 2 N–H and O–H groups in total. The lowest BCUT2D eigenvalue weighted by Gasteiger charge is -2.05. The average molecular weight is 422 g/mol. The number of benzene rings is 2. The van der Waals surface area contributed by atoms with Crippen LogP contribution in [0.3, 0.4) is 0 Å². The summed E-state index contributed by atoms with van der Waals surface area (Å²) in [7, 11) is 1.78. The van der Waals surface area contributed by atoms with Crippen molar-refractivity contribution >= 4 is 18.1 Å². The number of aromatic amines is 1. The summed E-state index contributed by atoms with van der Waals surface area (Å²) in [5.74, 6) is -0.0281. The molecule has 0 radical (unpaired) electrons. The van der Waals surface area contributed by atoms with Crippen LogP contribution in [0.5, 0.6) is 0 Å². The van der Waals surface area contributed by atoms with Gasteiger partial charge in [0.1, 0.15) is 11.5 Å². The Hall–Kier alpha value is -3.59. The Morgan fingerprint density at radius 2 is 1.87 bits per heavy atom. The number of aromatic nitrogens is 5. The molecule has 7 nitrogen and oxygen atoms in total. The predicted octanol–water partition coefficient (Wildman–Crippen LogP) is 3.71. The third kappa shape index (κ3) is 3.92. The summed E-state index contributed by atoms with van der Waals surface area (Å²) in [5.41, 5.74) is 3.50. The van der Waals surface area contributed by atoms with Crippen LogP contribution in [0, 0.1) is 17.5 Å². The van der Waals surface area contributed by atoms with Gasteiger partial charge in [0.25, 0.3) is 5.91 Å². The van der Waals surface area contributed by atoms with E-state index in [0.717, 1.165) is 11.1 Å². The molecule has 0 atom stereocenters. The first-order valence-electron chi connectivity index (χ1n) is 9.23. The lowest BCUT2D eigenvalue weighted by atomic mass is 10.1. The maximum absolute atomic E-state index is 13.3. The molecule has 30 heavy (non-hydrogen) atoms. The fourth-order valence-electron chi connectivity index (χ4n) is 2.98. The zero-order valence-corrected chi connectivity index (χ0v) is 17.2. The highest BCUT2D eigenvalue weighted by Gasteiger charge is 2.19. The molecule has 152 valence electrons. The van der Waals surface area contributed by atoms with Gasteiger partial charge in [0.15, 0.2) is 10.6 Å². The van der Waals surface area contributed by atoms with Crippen LogP contribution < -0.4 is 5.32 Å². The molecule has 0 unspecified atom stereocenters. The van der Waals surface area contributed by atoms with Gasteiger partial charge in [-0.1, -0.05) is 29.8 Å². The number of nitrogens with zero attached hydrogens (tertiary/aromatic N) is 4. The summed E-state index contributed by atoms with van der Waals surface area (Å²) in [5, 5.41) is 14.3.